The maximum Gasteiger partial charge on any atom is 0.338 e. The highest BCUT2D eigenvalue weighted by atomic mass is 16.5. The van der Waals surface area contributed by atoms with Crippen LogP contribution in [-0.4, -0.2) is 35.0 Å². The van der Waals surface area contributed by atoms with Crippen LogP contribution in [0.2, 0.25) is 0 Å². The van der Waals surface area contributed by atoms with Crippen LogP contribution in [0.5, 0.6) is 0 Å². The molecule has 0 heterocycles. The van der Waals surface area contributed by atoms with Gasteiger partial charge < -0.3 is 14.9 Å². The van der Waals surface area contributed by atoms with Gasteiger partial charge in [0.05, 0.1) is 5.56 Å². The molecular formula is C14H16O4. The Kier molecular flexibility index (Phi) is 5.84. The summed E-state index contributed by atoms with van der Waals surface area (Å²) in [6.07, 6.45) is 1.98. The third-order valence-corrected chi connectivity index (χ3v) is 2.24. The lowest BCUT2D eigenvalue weighted by Crippen LogP contribution is -2.20. The zero-order valence-electron chi connectivity index (χ0n) is 9.90. The minimum atomic E-state index is -1.04. The summed E-state index contributed by atoms with van der Waals surface area (Å²) in [6.45, 7) is 3.38. The van der Waals surface area contributed by atoms with Crippen molar-refractivity contribution in [3.05, 3.63) is 60.7 Å². The van der Waals surface area contributed by atoms with Crippen LogP contribution in [0, 0.1) is 0 Å². The van der Waals surface area contributed by atoms with Gasteiger partial charge in [0, 0.05) is 0 Å². The third-order valence-electron chi connectivity index (χ3n) is 2.24. The summed E-state index contributed by atoms with van der Waals surface area (Å²) in [5.74, 6) is -0.431. The lowest BCUT2D eigenvalue weighted by Gasteiger charge is -2.08. The largest absolute Gasteiger partial charge is 0.458 e. The Labute approximate surface area is 106 Å². The van der Waals surface area contributed by atoms with Crippen LogP contribution in [0.3, 0.4) is 0 Å². The molecule has 2 atom stereocenters. The van der Waals surface area contributed by atoms with E-state index in [0.29, 0.717) is 5.56 Å². The number of hydrogen-bond acceptors (Lipinski definition) is 4. The van der Waals surface area contributed by atoms with Crippen molar-refractivity contribution in [1.82, 2.24) is 0 Å². The molecule has 4 heteroatoms. The van der Waals surface area contributed by atoms with Crippen molar-refractivity contribution in [3.8, 4) is 0 Å². The van der Waals surface area contributed by atoms with E-state index in [1.165, 1.54) is 18.2 Å². The van der Waals surface area contributed by atoms with E-state index >= 15 is 0 Å². The molecule has 96 valence electrons. The molecule has 0 saturated carbocycles. The molecule has 0 fully saturated rings. The number of hydrogen-bond donors (Lipinski definition) is 2. The molecule has 0 aromatic heterocycles. The van der Waals surface area contributed by atoms with Crippen molar-refractivity contribution in [2.24, 2.45) is 0 Å². The van der Waals surface area contributed by atoms with Crippen LogP contribution in [0.15, 0.2) is 55.1 Å². The molecule has 2 N–H and O–H groups in total. The van der Waals surface area contributed by atoms with Crippen molar-refractivity contribution in [2.75, 3.05) is 6.61 Å². The Bertz CT molecular complexity index is 411. The van der Waals surface area contributed by atoms with E-state index in [0.717, 1.165) is 0 Å². The molecular weight excluding hydrogens is 232 g/mol. The first-order valence-corrected chi connectivity index (χ1v) is 5.52. The second-order valence-corrected chi connectivity index (χ2v) is 3.61. The fourth-order valence-corrected chi connectivity index (χ4v) is 1.23. The van der Waals surface area contributed by atoms with Crippen LogP contribution in [-0.2, 0) is 4.74 Å². The Hall–Kier alpha value is -1.91. The molecule has 0 bridgehead atoms. The lowest BCUT2D eigenvalue weighted by molar-refractivity contribution is 0.0544. The second-order valence-electron chi connectivity index (χ2n) is 3.61. The van der Waals surface area contributed by atoms with Crippen molar-refractivity contribution in [3.63, 3.8) is 0 Å². The van der Waals surface area contributed by atoms with Gasteiger partial charge in [-0.2, -0.15) is 0 Å². The van der Waals surface area contributed by atoms with Crippen LogP contribution in [0.4, 0.5) is 0 Å². The quantitative estimate of drug-likeness (QED) is 0.588. The molecule has 0 aliphatic rings. The molecule has 18 heavy (non-hydrogen) atoms. The van der Waals surface area contributed by atoms with Gasteiger partial charge in [-0.05, 0) is 18.2 Å². The minimum Gasteiger partial charge on any atom is -0.458 e. The van der Waals surface area contributed by atoms with Crippen LogP contribution >= 0.6 is 0 Å². The maximum absolute atomic E-state index is 11.5. The summed E-state index contributed by atoms with van der Waals surface area (Å²) < 4.78 is 4.95. The van der Waals surface area contributed by atoms with E-state index in [1.54, 1.807) is 24.3 Å². The number of carbonyl (C=O) groups excluding carboxylic acids is 1. The van der Waals surface area contributed by atoms with Gasteiger partial charge in [-0.25, -0.2) is 4.79 Å². The Balaban J connectivity index is 2.36. The third kappa shape index (κ3) is 4.53. The number of ether oxygens (including phenoxy) is 1. The predicted octanol–water partition coefficient (Wildman–Crippen LogP) is 1.31. The smallest absolute Gasteiger partial charge is 0.338 e. The summed E-state index contributed by atoms with van der Waals surface area (Å²) in [6, 6.07) is 8.61. The SMILES string of the molecule is C=C[C@H](O)[C@H](O)/C=C\COC(=O)c1ccccc1. The summed E-state index contributed by atoms with van der Waals surface area (Å²) in [5, 5.41) is 18.5. The normalized spacial score (nSPS) is 14.1. The second kappa shape index (κ2) is 7.42. The van der Waals surface area contributed by atoms with Crippen molar-refractivity contribution in [2.45, 2.75) is 12.2 Å². The molecule has 0 spiro atoms. The van der Waals surface area contributed by atoms with Crippen LogP contribution in [0.1, 0.15) is 10.4 Å². The lowest BCUT2D eigenvalue weighted by atomic mass is 10.2. The fourth-order valence-electron chi connectivity index (χ4n) is 1.23. The highest BCUT2D eigenvalue weighted by Crippen LogP contribution is 2.01. The fraction of sp³-hybridized carbons (Fsp3) is 0.214. The van der Waals surface area contributed by atoms with Gasteiger partial charge in [-0.3, -0.25) is 0 Å². The first kappa shape index (κ1) is 14.2. The molecule has 0 radical (unpaired) electrons. The number of carbonyl (C=O) groups is 1. The van der Waals surface area contributed by atoms with E-state index in [-0.39, 0.29) is 6.61 Å². The molecule has 1 aromatic rings. The highest BCUT2D eigenvalue weighted by molar-refractivity contribution is 5.89. The van der Waals surface area contributed by atoms with Gasteiger partial charge in [-0.1, -0.05) is 30.4 Å². The molecule has 0 unspecified atom stereocenters. The molecule has 0 amide bonds. The van der Waals surface area contributed by atoms with Gasteiger partial charge in [0.15, 0.2) is 0 Å². The van der Waals surface area contributed by atoms with Crippen molar-refractivity contribution < 1.29 is 19.7 Å². The number of esters is 1. The molecule has 1 aromatic carbocycles. The highest BCUT2D eigenvalue weighted by Gasteiger charge is 2.08. The summed E-state index contributed by atoms with van der Waals surface area (Å²) in [7, 11) is 0. The molecule has 0 aliphatic carbocycles. The van der Waals surface area contributed by atoms with E-state index in [1.807, 2.05) is 6.07 Å². The summed E-state index contributed by atoms with van der Waals surface area (Å²) in [4.78, 5) is 11.5. The number of aliphatic hydroxyl groups excluding tert-OH is 2. The molecule has 0 saturated heterocycles. The van der Waals surface area contributed by atoms with E-state index in [9.17, 15) is 15.0 Å². The van der Waals surface area contributed by atoms with Gasteiger partial charge in [0.25, 0.3) is 0 Å². The van der Waals surface area contributed by atoms with Crippen LogP contribution in [0.25, 0.3) is 0 Å². The number of rotatable bonds is 6. The molecule has 1 rings (SSSR count). The summed E-state index contributed by atoms with van der Waals surface area (Å²) >= 11 is 0. The zero-order chi connectivity index (χ0) is 13.4. The average Bonchev–Trinajstić information content (AvgIpc) is 2.43. The molecule has 4 nitrogen and oxygen atoms in total. The van der Waals surface area contributed by atoms with Gasteiger partial charge in [0.1, 0.15) is 18.8 Å². The topological polar surface area (TPSA) is 66.8 Å². The Morgan fingerprint density at radius 1 is 1.28 bits per heavy atom. The van der Waals surface area contributed by atoms with Crippen LogP contribution < -0.4 is 0 Å². The Morgan fingerprint density at radius 2 is 1.94 bits per heavy atom. The first-order chi connectivity index (χ1) is 8.65. The molecule has 0 aliphatic heterocycles. The Morgan fingerprint density at radius 3 is 2.56 bits per heavy atom. The zero-order valence-corrected chi connectivity index (χ0v) is 9.90. The van der Waals surface area contributed by atoms with Gasteiger partial charge >= 0.3 is 5.97 Å². The number of aliphatic hydroxyl groups is 2. The van der Waals surface area contributed by atoms with Gasteiger partial charge in [0.2, 0.25) is 0 Å². The standard InChI is InChI=1S/C14H16O4/c1-2-12(15)13(16)9-6-10-18-14(17)11-7-4-3-5-8-11/h2-9,12-13,15-16H,1,10H2/b9-6-/t12-,13+/m0/s1. The van der Waals surface area contributed by atoms with E-state index < -0.39 is 18.2 Å². The summed E-state index contributed by atoms with van der Waals surface area (Å²) in [5.41, 5.74) is 0.470. The van der Waals surface area contributed by atoms with E-state index in [4.69, 9.17) is 4.74 Å². The van der Waals surface area contributed by atoms with E-state index in [2.05, 4.69) is 6.58 Å². The van der Waals surface area contributed by atoms with Crippen molar-refractivity contribution in [1.29, 1.82) is 0 Å². The predicted molar refractivity (Wildman–Crippen MR) is 68.1 cm³/mol. The monoisotopic (exact) mass is 248 g/mol. The minimum absolute atomic E-state index is 0.0364. The average molecular weight is 248 g/mol. The maximum atomic E-state index is 11.5. The first-order valence-electron chi connectivity index (χ1n) is 5.52. The van der Waals surface area contributed by atoms with Crippen molar-refractivity contribution >= 4 is 5.97 Å². The number of benzene rings is 1. The van der Waals surface area contributed by atoms with Gasteiger partial charge in [-0.15, -0.1) is 6.58 Å².